The summed E-state index contributed by atoms with van der Waals surface area (Å²) in [5.41, 5.74) is 12.1. The number of rotatable bonds is 4. The Morgan fingerprint density at radius 2 is 1.73 bits per heavy atom. The predicted molar refractivity (Wildman–Crippen MR) is 133 cm³/mol. The zero-order chi connectivity index (χ0) is 22.9. The summed E-state index contributed by atoms with van der Waals surface area (Å²) in [7, 11) is 1.65. The van der Waals surface area contributed by atoms with Crippen LogP contribution in [0.15, 0.2) is 54.6 Å². The number of methoxy groups -OCH3 is 1. The molecule has 5 rings (SSSR count). The number of nitrogens with zero attached hydrogens (tertiary/aromatic N) is 2. The van der Waals surface area contributed by atoms with Gasteiger partial charge >= 0.3 is 0 Å². The third kappa shape index (κ3) is 4.05. The summed E-state index contributed by atoms with van der Waals surface area (Å²) >= 11 is 1.36. The van der Waals surface area contributed by atoms with Crippen LogP contribution in [0.5, 0.6) is 5.75 Å². The quantitative estimate of drug-likeness (QED) is 0.465. The standard InChI is InChI=1S/C26H25N3O3S/c1-16-3-5-17(6-4-16)20-15-21(18-7-9-19(31-2)10-8-18)28-25-22(20)23(27)24(33-25)26(30)29-11-13-32-14-12-29/h3-10,15H,11-14,27H2,1-2H3. The van der Waals surface area contributed by atoms with Gasteiger partial charge in [0.2, 0.25) is 0 Å². The molecule has 168 valence electrons. The van der Waals surface area contributed by atoms with Gasteiger partial charge in [-0.1, -0.05) is 29.8 Å². The molecule has 0 unspecified atom stereocenters. The highest BCUT2D eigenvalue weighted by atomic mass is 32.1. The van der Waals surface area contributed by atoms with Gasteiger partial charge < -0.3 is 20.1 Å². The number of anilines is 1. The Labute approximate surface area is 196 Å². The van der Waals surface area contributed by atoms with Gasteiger partial charge in [-0.05, 0) is 48.4 Å². The maximum atomic E-state index is 13.3. The van der Waals surface area contributed by atoms with Crippen LogP contribution in [0.3, 0.4) is 0 Å². The van der Waals surface area contributed by atoms with E-state index in [9.17, 15) is 4.79 Å². The minimum atomic E-state index is -0.0559. The first kappa shape index (κ1) is 21.4. The number of benzene rings is 2. The number of amides is 1. The van der Waals surface area contributed by atoms with Gasteiger partial charge in [-0.25, -0.2) is 4.98 Å². The molecule has 4 aromatic rings. The number of hydrogen-bond acceptors (Lipinski definition) is 6. The third-order valence-corrected chi connectivity index (χ3v) is 7.03. The van der Waals surface area contributed by atoms with Crippen molar-refractivity contribution in [3.05, 3.63) is 65.0 Å². The SMILES string of the molecule is COc1ccc(-c2cc(-c3ccc(C)cc3)c3c(N)c(C(=O)N4CCOCC4)sc3n2)cc1. The molecule has 6 nitrogen and oxygen atoms in total. The van der Waals surface area contributed by atoms with Crippen LogP contribution in [-0.4, -0.2) is 49.2 Å². The molecule has 2 aromatic carbocycles. The number of hydrogen-bond donors (Lipinski definition) is 1. The lowest BCUT2D eigenvalue weighted by Gasteiger charge is -2.26. The second-order valence-electron chi connectivity index (χ2n) is 8.08. The molecular formula is C26H25N3O3S. The smallest absolute Gasteiger partial charge is 0.266 e. The summed E-state index contributed by atoms with van der Waals surface area (Å²) in [6, 6.07) is 18.2. The zero-order valence-electron chi connectivity index (χ0n) is 18.6. The lowest BCUT2D eigenvalue weighted by atomic mass is 9.98. The fraction of sp³-hybridized carbons (Fsp3) is 0.231. The van der Waals surface area contributed by atoms with Gasteiger partial charge in [0.25, 0.3) is 5.91 Å². The Balaban J connectivity index is 1.68. The van der Waals surface area contributed by atoms with Crippen molar-refractivity contribution >= 4 is 33.1 Å². The highest BCUT2D eigenvalue weighted by Crippen LogP contribution is 2.42. The van der Waals surface area contributed by atoms with Crippen LogP contribution in [0.1, 0.15) is 15.2 Å². The van der Waals surface area contributed by atoms with E-state index in [1.54, 1.807) is 12.0 Å². The van der Waals surface area contributed by atoms with Crippen molar-refractivity contribution in [1.29, 1.82) is 0 Å². The van der Waals surface area contributed by atoms with Crippen molar-refractivity contribution in [2.24, 2.45) is 0 Å². The number of aromatic nitrogens is 1. The summed E-state index contributed by atoms with van der Waals surface area (Å²) in [5, 5.41) is 0.831. The molecule has 1 aliphatic rings. The average molecular weight is 460 g/mol. The Morgan fingerprint density at radius 3 is 2.39 bits per heavy atom. The van der Waals surface area contributed by atoms with E-state index in [1.807, 2.05) is 24.3 Å². The summed E-state index contributed by atoms with van der Waals surface area (Å²) in [5.74, 6) is 0.733. The van der Waals surface area contributed by atoms with Gasteiger partial charge in [-0.2, -0.15) is 0 Å². The largest absolute Gasteiger partial charge is 0.497 e. The summed E-state index contributed by atoms with van der Waals surface area (Å²) in [4.78, 5) is 21.3. The Bertz CT molecular complexity index is 1310. The van der Waals surface area contributed by atoms with Crippen LogP contribution in [0, 0.1) is 6.92 Å². The molecule has 2 aromatic heterocycles. The van der Waals surface area contributed by atoms with Crippen LogP contribution in [0.2, 0.25) is 0 Å². The summed E-state index contributed by atoms with van der Waals surface area (Å²) < 4.78 is 10.7. The molecule has 1 aliphatic heterocycles. The highest BCUT2D eigenvalue weighted by Gasteiger charge is 2.26. The van der Waals surface area contributed by atoms with Crippen LogP contribution >= 0.6 is 11.3 Å². The van der Waals surface area contributed by atoms with Crippen molar-refractivity contribution in [3.8, 4) is 28.1 Å². The first-order valence-electron chi connectivity index (χ1n) is 10.9. The van der Waals surface area contributed by atoms with E-state index in [4.69, 9.17) is 20.2 Å². The minimum absolute atomic E-state index is 0.0559. The van der Waals surface area contributed by atoms with E-state index in [2.05, 4.69) is 37.3 Å². The first-order chi connectivity index (χ1) is 16.0. The van der Waals surface area contributed by atoms with Crippen LogP contribution in [0.25, 0.3) is 32.6 Å². The van der Waals surface area contributed by atoms with E-state index in [1.165, 1.54) is 16.9 Å². The molecule has 0 radical (unpaired) electrons. The molecule has 0 saturated carbocycles. The molecule has 3 heterocycles. The van der Waals surface area contributed by atoms with Gasteiger partial charge in [0.15, 0.2) is 0 Å². The molecule has 2 N–H and O–H groups in total. The van der Waals surface area contributed by atoms with E-state index < -0.39 is 0 Å². The van der Waals surface area contributed by atoms with E-state index >= 15 is 0 Å². The molecular weight excluding hydrogens is 434 g/mol. The molecule has 0 bridgehead atoms. The molecule has 0 atom stereocenters. The van der Waals surface area contributed by atoms with Crippen molar-refractivity contribution in [3.63, 3.8) is 0 Å². The Kier molecular flexibility index (Phi) is 5.74. The number of carbonyl (C=O) groups excluding carboxylic acids is 1. The molecule has 1 fully saturated rings. The second kappa shape index (κ2) is 8.84. The topological polar surface area (TPSA) is 77.7 Å². The number of thiophene rings is 1. The maximum Gasteiger partial charge on any atom is 0.266 e. The Hall–Kier alpha value is -3.42. The van der Waals surface area contributed by atoms with Gasteiger partial charge in [0.05, 0.1) is 31.7 Å². The molecule has 33 heavy (non-hydrogen) atoms. The second-order valence-corrected chi connectivity index (χ2v) is 9.08. The normalized spacial score (nSPS) is 13.9. The third-order valence-electron chi connectivity index (χ3n) is 5.94. The Morgan fingerprint density at radius 1 is 1.06 bits per heavy atom. The maximum absolute atomic E-state index is 13.3. The van der Waals surface area contributed by atoms with E-state index in [0.717, 1.165) is 38.4 Å². The van der Waals surface area contributed by atoms with Crippen LogP contribution < -0.4 is 10.5 Å². The number of morpholine rings is 1. The minimum Gasteiger partial charge on any atom is -0.497 e. The summed E-state index contributed by atoms with van der Waals surface area (Å²) in [6.07, 6.45) is 0. The van der Waals surface area contributed by atoms with Crippen molar-refractivity contribution in [1.82, 2.24) is 9.88 Å². The number of aryl methyl sites for hydroxylation is 1. The van der Waals surface area contributed by atoms with Gasteiger partial charge in [0, 0.05) is 24.0 Å². The number of carbonyl (C=O) groups is 1. The monoisotopic (exact) mass is 459 g/mol. The van der Waals surface area contributed by atoms with Crippen molar-refractivity contribution in [2.75, 3.05) is 39.1 Å². The molecule has 0 aliphatic carbocycles. The number of ether oxygens (including phenoxy) is 2. The van der Waals surface area contributed by atoms with Crippen molar-refractivity contribution in [2.45, 2.75) is 6.92 Å². The van der Waals surface area contributed by atoms with Gasteiger partial charge in [-0.3, -0.25) is 4.79 Å². The first-order valence-corrected chi connectivity index (χ1v) is 11.7. The number of nitrogens with two attached hydrogens (primary N) is 1. The van der Waals surface area contributed by atoms with Gasteiger partial charge in [0.1, 0.15) is 15.5 Å². The molecule has 1 saturated heterocycles. The fourth-order valence-electron chi connectivity index (χ4n) is 4.06. The van der Waals surface area contributed by atoms with Crippen molar-refractivity contribution < 1.29 is 14.3 Å². The zero-order valence-corrected chi connectivity index (χ0v) is 19.4. The lowest BCUT2D eigenvalue weighted by molar-refractivity contribution is 0.0307. The fourth-order valence-corrected chi connectivity index (χ4v) is 5.15. The average Bonchev–Trinajstić information content (AvgIpc) is 3.20. The highest BCUT2D eigenvalue weighted by molar-refractivity contribution is 7.21. The summed E-state index contributed by atoms with van der Waals surface area (Å²) in [6.45, 7) is 4.30. The number of nitrogen functional groups attached to an aromatic ring is 1. The van der Waals surface area contributed by atoms with E-state index in [-0.39, 0.29) is 5.91 Å². The van der Waals surface area contributed by atoms with Crippen LogP contribution in [-0.2, 0) is 4.74 Å². The molecule has 0 spiro atoms. The molecule has 1 amide bonds. The number of fused-ring (bicyclic) bond motifs is 1. The van der Waals surface area contributed by atoms with E-state index in [0.29, 0.717) is 36.9 Å². The molecule has 7 heteroatoms. The lowest BCUT2D eigenvalue weighted by Crippen LogP contribution is -2.40. The van der Waals surface area contributed by atoms with Crippen LogP contribution in [0.4, 0.5) is 5.69 Å². The number of pyridine rings is 1. The van der Waals surface area contributed by atoms with Gasteiger partial charge in [-0.15, -0.1) is 11.3 Å². The predicted octanol–water partition coefficient (Wildman–Crippen LogP) is 5.00.